The molecular weight excluding hydrogens is 316 g/mol. The monoisotopic (exact) mass is 340 g/mol. The lowest BCUT2D eigenvalue weighted by Gasteiger charge is -2.15. The summed E-state index contributed by atoms with van der Waals surface area (Å²) in [5.41, 5.74) is 1.10. The molecule has 3 rings (SSSR count). The van der Waals surface area contributed by atoms with Crippen LogP contribution in [0.15, 0.2) is 36.4 Å². The average Bonchev–Trinajstić information content (AvgIpc) is 3.02. The summed E-state index contributed by atoms with van der Waals surface area (Å²) in [5, 5.41) is 5.28. The molecular formula is C20H24N2O3. The van der Waals surface area contributed by atoms with Gasteiger partial charge in [0.1, 0.15) is 5.75 Å². The maximum atomic E-state index is 12.3. The Morgan fingerprint density at radius 3 is 2.80 bits per heavy atom. The molecule has 132 valence electrons. The molecule has 5 nitrogen and oxygen atoms in total. The molecule has 5 heteroatoms. The summed E-state index contributed by atoms with van der Waals surface area (Å²) in [7, 11) is 1.66. The highest BCUT2D eigenvalue weighted by atomic mass is 16.5. The standard InChI is InChI=1S/C20H24N2O3/c1-3-22-13-15(12-19(22)23)20(24)21-11-10-17-16-7-5-4-6-14(16)8-9-18(17)25-2/h4-9,15H,3,10-13H2,1-2H3,(H,21,24). The van der Waals surface area contributed by atoms with Crippen LogP contribution < -0.4 is 10.1 Å². The van der Waals surface area contributed by atoms with E-state index >= 15 is 0 Å². The Morgan fingerprint density at radius 2 is 2.08 bits per heavy atom. The number of hydrogen-bond donors (Lipinski definition) is 1. The third-order valence-electron chi connectivity index (χ3n) is 4.86. The number of methoxy groups -OCH3 is 1. The summed E-state index contributed by atoms with van der Waals surface area (Å²) >= 11 is 0. The SMILES string of the molecule is CCN1CC(C(=O)NCCc2c(OC)ccc3ccccc23)CC1=O. The van der Waals surface area contributed by atoms with Crippen molar-refractivity contribution in [3.8, 4) is 5.75 Å². The molecule has 25 heavy (non-hydrogen) atoms. The number of carbonyl (C=O) groups is 2. The lowest BCUT2D eigenvalue weighted by Crippen LogP contribution is -2.34. The van der Waals surface area contributed by atoms with E-state index in [9.17, 15) is 9.59 Å². The molecule has 0 saturated carbocycles. The molecule has 0 spiro atoms. The highest BCUT2D eigenvalue weighted by Gasteiger charge is 2.33. The van der Waals surface area contributed by atoms with Crippen molar-refractivity contribution in [2.75, 3.05) is 26.7 Å². The minimum absolute atomic E-state index is 0.0384. The average molecular weight is 340 g/mol. The van der Waals surface area contributed by atoms with Gasteiger partial charge in [-0.25, -0.2) is 0 Å². The van der Waals surface area contributed by atoms with E-state index in [1.54, 1.807) is 12.0 Å². The van der Waals surface area contributed by atoms with E-state index in [-0.39, 0.29) is 17.7 Å². The van der Waals surface area contributed by atoms with Crippen LogP contribution in [0.3, 0.4) is 0 Å². The Bertz CT molecular complexity index is 788. The minimum Gasteiger partial charge on any atom is -0.496 e. The van der Waals surface area contributed by atoms with Gasteiger partial charge in [0, 0.05) is 31.6 Å². The number of nitrogens with zero attached hydrogens (tertiary/aromatic N) is 1. The van der Waals surface area contributed by atoms with Crippen LogP contribution in [0.5, 0.6) is 5.75 Å². The fourth-order valence-electron chi connectivity index (χ4n) is 3.47. The lowest BCUT2D eigenvalue weighted by molar-refractivity contribution is -0.128. The first-order chi connectivity index (χ1) is 12.1. The molecule has 1 atom stereocenters. The second-order valence-corrected chi connectivity index (χ2v) is 6.34. The molecule has 2 aromatic rings. The Balaban J connectivity index is 1.65. The van der Waals surface area contributed by atoms with Crippen molar-refractivity contribution in [1.82, 2.24) is 10.2 Å². The molecule has 1 aliphatic rings. The Kier molecular flexibility index (Phi) is 5.22. The first kappa shape index (κ1) is 17.3. The van der Waals surface area contributed by atoms with Crippen molar-refractivity contribution in [3.05, 3.63) is 42.0 Å². The van der Waals surface area contributed by atoms with Gasteiger partial charge in [-0.1, -0.05) is 30.3 Å². The smallest absolute Gasteiger partial charge is 0.225 e. The molecule has 0 bridgehead atoms. The van der Waals surface area contributed by atoms with E-state index in [0.717, 1.165) is 22.1 Å². The zero-order valence-electron chi connectivity index (χ0n) is 14.7. The van der Waals surface area contributed by atoms with Crippen LogP contribution in [0.4, 0.5) is 0 Å². The third kappa shape index (κ3) is 3.60. The van der Waals surface area contributed by atoms with Gasteiger partial charge in [0.2, 0.25) is 11.8 Å². The van der Waals surface area contributed by atoms with Crippen LogP contribution >= 0.6 is 0 Å². The van der Waals surface area contributed by atoms with Crippen molar-refractivity contribution >= 4 is 22.6 Å². The molecule has 1 saturated heterocycles. The van der Waals surface area contributed by atoms with E-state index in [1.165, 1.54) is 0 Å². The number of rotatable bonds is 6. The minimum atomic E-state index is -0.234. The van der Waals surface area contributed by atoms with Gasteiger partial charge in [0.15, 0.2) is 0 Å². The maximum Gasteiger partial charge on any atom is 0.225 e. The van der Waals surface area contributed by atoms with Crippen LogP contribution in [-0.2, 0) is 16.0 Å². The van der Waals surface area contributed by atoms with Gasteiger partial charge in [0.05, 0.1) is 13.0 Å². The molecule has 1 aliphatic heterocycles. The van der Waals surface area contributed by atoms with Crippen LogP contribution in [-0.4, -0.2) is 43.5 Å². The highest BCUT2D eigenvalue weighted by Crippen LogP contribution is 2.28. The summed E-state index contributed by atoms with van der Waals surface area (Å²) in [6.07, 6.45) is 1.01. The normalized spacial score (nSPS) is 17.1. The summed E-state index contributed by atoms with van der Waals surface area (Å²) < 4.78 is 5.49. The Hall–Kier alpha value is -2.56. The number of fused-ring (bicyclic) bond motifs is 1. The second-order valence-electron chi connectivity index (χ2n) is 6.34. The third-order valence-corrected chi connectivity index (χ3v) is 4.86. The largest absolute Gasteiger partial charge is 0.496 e. The number of amides is 2. The molecule has 1 fully saturated rings. The van der Waals surface area contributed by atoms with Crippen LogP contribution in [0, 0.1) is 5.92 Å². The van der Waals surface area contributed by atoms with Crippen molar-refractivity contribution in [2.45, 2.75) is 19.8 Å². The number of likely N-dealkylation sites (tertiary alicyclic amines) is 1. The molecule has 0 aromatic heterocycles. The highest BCUT2D eigenvalue weighted by molar-refractivity contribution is 5.90. The predicted molar refractivity (Wildman–Crippen MR) is 97.6 cm³/mol. The summed E-state index contributed by atoms with van der Waals surface area (Å²) in [6.45, 7) is 3.65. The molecule has 0 radical (unpaired) electrons. The number of nitrogens with one attached hydrogen (secondary N) is 1. The van der Waals surface area contributed by atoms with Gasteiger partial charge in [0.25, 0.3) is 0 Å². The fourth-order valence-corrected chi connectivity index (χ4v) is 3.47. The van der Waals surface area contributed by atoms with E-state index in [2.05, 4.69) is 17.4 Å². The number of ether oxygens (including phenoxy) is 1. The van der Waals surface area contributed by atoms with E-state index < -0.39 is 0 Å². The van der Waals surface area contributed by atoms with Crippen LogP contribution in [0.2, 0.25) is 0 Å². The lowest BCUT2D eigenvalue weighted by atomic mass is 10.0. The quantitative estimate of drug-likeness (QED) is 0.878. The summed E-state index contributed by atoms with van der Waals surface area (Å²) in [6, 6.07) is 12.2. The van der Waals surface area contributed by atoms with Crippen molar-refractivity contribution in [3.63, 3.8) is 0 Å². The van der Waals surface area contributed by atoms with Crippen molar-refractivity contribution < 1.29 is 14.3 Å². The summed E-state index contributed by atoms with van der Waals surface area (Å²) in [5.74, 6) is 0.630. The van der Waals surface area contributed by atoms with Gasteiger partial charge < -0.3 is 15.0 Å². The van der Waals surface area contributed by atoms with Gasteiger partial charge in [-0.15, -0.1) is 0 Å². The Labute approximate surface area is 148 Å². The topological polar surface area (TPSA) is 58.6 Å². The first-order valence-corrected chi connectivity index (χ1v) is 8.74. The molecule has 1 unspecified atom stereocenters. The molecule has 1 heterocycles. The number of carbonyl (C=O) groups excluding carboxylic acids is 2. The zero-order valence-corrected chi connectivity index (χ0v) is 14.7. The van der Waals surface area contributed by atoms with E-state index in [0.29, 0.717) is 32.5 Å². The maximum absolute atomic E-state index is 12.3. The zero-order chi connectivity index (χ0) is 17.8. The fraction of sp³-hybridized carbons (Fsp3) is 0.400. The molecule has 2 aromatic carbocycles. The van der Waals surface area contributed by atoms with E-state index in [1.807, 2.05) is 31.2 Å². The summed E-state index contributed by atoms with van der Waals surface area (Å²) in [4.78, 5) is 25.8. The van der Waals surface area contributed by atoms with E-state index in [4.69, 9.17) is 4.74 Å². The first-order valence-electron chi connectivity index (χ1n) is 8.74. The van der Waals surface area contributed by atoms with Gasteiger partial charge in [-0.3, -0.25) is 9.59 Å². The molecule has 2 amide bonds. The van der Waals surface area contributed by atoms with Crippen molar-refractivity contribution in [2.24, 2.45) is 5.92 Å². The molecule has 1 N–H and O–H groups in total. The van der Waals surface area contributed by atoms with Gasteiger partial charge >= 0.3 is 0 Å². The Morgan fingerprint density at radius 1 is 1.28 bits per heavy atom. The second kappa shape index (κ2) is 7.55. The van der Waals surface area contributed by atoms with Crippen LogP contribution in [0.1, 0.15) is 18.9 Å². The number of hydrogen-bond acceptors (Lipinski definition) is 3. The number of benzene rings is 2. The van der Waals surface area contributed by atoms with Gasteiger partial charge in [-0.05, 0) is 30.2 Å². The van der Waals surface area contributed by atoms with Crippen molar-refractivity contribution in [1.29, 1.82) is 0 Å². The van der Waals surface area contributed by atoms with Crippen LogP contribution in [0.25, 0.3) is 10.8 Å². The predicted octanol–water partition coefficient (Wildman–Crippen LogP) is 2.38. The molecule has 0 aliphatic carbocycles. The van der Waals surface area contributed by atoms with Gasteiger partial charge in [-0.2, -0.15) is 0 Å².